The number of hydrogen-bond acceptors (Lipinski definition) is 5. The van der Waals surface area contributed by atoms with Crippen molar-refractivity contribution in [1.29, 1.82) is 0 Å². The first-order valence-electron chi connectivity index (χ1n) is 17.9. The number of hydrogen-bond donors (Lipinski definition) is 2. The number of anilines is 1. The monoisotopic (exact) mass is 631 g/mol. The molecule has 9 nitrogen and oxygen atoms in total. The summed E-state index contributed by atoms with van der Waals surface area (Å²) < 4.78 is 6.70. The summed E-state index contributed by atoms with van der Waals surface area (Å²) in [6.07, 6.45) is 11.6. The van der Waals surface area contributed by atoms with Crippen molar-refractivity contribution < 1.29 is 19.1 Å². The van der Waals surface area contributed by atoms with E-state index in [-0.39, 0.29) is 29.1 Å². The number of nitrogens with one attached hydrogen (secondary N) is 1. The van der Waals surface area contributed by atoms with Crippen LogP contribution in [0.3, 0.4) is 0 Å². The summed E-state index contributed by atoms with van der Waals surface area (Å²) in [7, 11) is 0. The molecule has 7 rings (SSSR count). The van der Waals surface area contributed by atoms with Gasteiger partial charge in [-0.05, 0) is 75.0 Å². The largest absolute Gasteiger partial charge is 0.377 e. The first kappa shape index (κ1) is 31.5. The topological polar surface area (TPSA) is 112 Å². The van der Waals surface area contributed by atoms with Crippen LogP contribution < -0.4 is 10.6 Å². The molecule has 250 valence electrons. The van der Waals surface area contributed by atoms with Crippen LogP contribution in [0.15, 0.2) is 30.5 Å². The molecule has 0 radical (unpaired) electrons. The fraction of sp³-hybridized carbons (Fsp3) is 0.703. The van der Waals surface area contributed by atoms with Crippen LogP contribution in [0.5, 0.6) is 0 Å². The van der Waals surface area contributed by atoms with Crippen molar-refractivity contribution in [3.8, 4) is 0 Å². The van der Waals surface area contributed by atoms with Gasteiger partial charge in [-0.25, -0.2) is 0 Å². The molecule has 3 unspecified atom stereocenters. The van der Waals surface area contributed by atoms with Gasteiger partial charge in [-0.1, -0.05) is 39.2 Å². The Hall–Kier alpha value is -3.07. The van der Waals surface area contributed by atoms with E-state index in [0.29, 0.717) is 32.2 Å². The second-order valence-corrected chi connectivity index (χ2v) is 15.9. The fourth-order valence-corrected chi connectivity index (χ4v) is 9.52. The lowest BCUT2D eigenvalue weighted by molar-refractivity contribution is -0.185. The zero-order valence-electron chi connectivity index (χ0n) is 28.0. The minimum atomic E-state index is -0.641. The van der Waals surface area contributed by atoms with Crippen molar-refractivity contribution in [2.75, 3.05) is 44.2 Å². The molecule has 0 bridgehead atoms. The summed E-state index contributed by atoms with van der Waals surface area (Å²) in [5, 5.41) is 1.09. The molecular formula is C37H53N5O4. The summed E-state index contributed by atoms with van der Waals surface area (Å²) in [6, 6.07) is 7.80. The van der Waals surface area contributed by atoms with E-state index in [1.54, 1.807) is 0 Å². The third kappa shape index (κ3) is 5.50. The molecule has 3 N–H and O–H groups in total. The predicted octanol–water partition coefficient (Wildman–Crippen LogP) is 4.95. The first-order valence-corrected chi connectivity index (χ1v) is 17.9. The molecule has 3 amide bonds. The molecule has 2 aliphatic carbocycles. The van der Waals surface area contributed by atoms with Crippen molar-refractivity contribution in [3.63, 3.8) is 0 Å². The molecule has 6 atom stereocenters. The SMILES string of the molecule is C[C@@H](OCC1CCCCC1)[C@@H](C(=O)N1CCCCC1)C1N(C(=O)[C@H]2CC2(C)C)CC12CN(c1cccc3[nH]ccc13)CC2C(N)=O. The van der Waals surface area contributed by atoms with Gasteiger partial charge in [0.2, 0.25) is 17.7 Å². The maximum atomic E-state index is 14.8. The van der Waals surface area contributed by atoms with Crippen molar-refractivity contribution >= 4 is 34.3 Å². The highest BCUT2D eigenvalue weighted by Crippen LogP contribution is 2.58. The van der Waals surface area contributed by atoms with Gasteiger partial charge < -0.3 is 30.2 Å². The van der Waals surface area contributed by atoms with E-state index in [0.717, 1.165) is 68.2 Å². The van der Waals surface area contributed by atoms with E-state index in [2.05, 4.69) is 41.9 Å². The molecule has 4 heterocycles. The van der Waals surface area contributed by atoms with E-state index in [1.807, 2.05) is 29.0 Å². The van der Waals surface area contributed by atoms with Gasteiger partial charge in [0, 0.05) is 73.5 Å². The van der Waals surface area contributed by atoms with Crippen LogP contribution in [0.1, 0.15) is 78.6 Å². The van der Waals surface area contributed by atoms with Crippen molar-refractivity contribution in [1.82, 2.24) is 14.8 Å². The molecule has 3 aliphatic heterocycles. The Kier molecular flexibility index (Phi) is 8.35. The number of nitrogens with zero attached hydrogens (tertiary/aromatic N) is 3. The maximum Gasteiger partial charge on any atom is 0.230 e. The normalized spacial score (nSPS) is 30.8. The van der Waals surface area contributed by atoms with Gasteiger partial charge in [0.05, 0.1) is 24.0 Å². The number of carbonyl (C=O) groups excluding carboxylic acids is 3. The lowest BCUT2D eigenvalue weighted by Crippen LogP contribution is -2.75. The predicted molar refractivity (Wildman–Crippen MR) is 179 cm³/mol. The third-order valence-electron chi connectivity index (χ3n) is 12.4. The highest BCUT2D eigenvalue weighted by Gasteiger charge is 2.69. The van der Waals surface area contributed by atoms with Gasteiger partial charge in [-0.15, -0.1) is 0 Å². The van der Waals surface area contributed by atoms with E-state index in [9.17, 15) is 14.4 Å². The molecule has 2 saturated carbocycles. The van der Waals surface area contributed by atoms with Crippen molar-refractivity contribution in [3.05, 3.63) is 30.5 Å². The van der Waals surface area contributed by atoms with Crippen LogP contribution in [0.25, 0.3) is 10.9 Å². The average molecular weight is 632 g/mol. The second-order valence-electron chi connectivity index (χ2n) is 15.9. The molecule has 1 aromatic carbocycles. The van der Waals surface area contributed by atoms with E-state index < -0.39 is 29.4 Å². The van der Waals surface area contributed by atoms with Crippen molar-refractivity contribution in [2.24, 2.45) is 40.2 Å². The smallest absolute Gasteiger partial charge is 0.230 e. The number of rotatable bonds is 9. The Morgan fingerprint density at radius 2 is 1.72 bits per heavy atom. The fourth-order valence-electron chi connectivity index (χ4n) is 9.52. The molecule has 9 heteroatoms. The number of likely N-dealkylation sites (tertiary alicyclic amines) is 2. The lowest BCUT2D eigenvalue weighted by atomic mass is 9.59. The molecular weight excluding hydrogens is 578 g/mol. The van der Waals surface area contributed by atoms with E-state index in [1.165, 1.54) is 19.3 Å². The number of H-pyrrole nitrogens is 1. The number of ether oxygens (including phenoxy) is 1. The maximum absolute atomic E-state index is 14.8. The van der Waals surface area contributed by atoms with Crippen LogP contribution in [0, 0.1) is 34.5 Å². The summed E-state index contributed by atoms with van der Waals surface area (Å²) in [6.45, 7) is 9.90. The second kappa shape index (κ2) is 12.2. The van der Waals surface area contributed by atoms with Crippen LogP contribution >= 0.6 is 0 Å². The zero-order valence-corrected chi connectivity index (χ0v) is 28.0. The Balaban J connectivity index is 1.27. The molecule has 1 aromatic heterocycles. The third-order valence-corrected chi connectivity index (χ3v) is 12.4. The van der Waals surface area contributed by atoms with Crippen molar-refractivity contribution in [2.45, 2.75) is 90.7 Å². The Morgan fingerprint density at radius 1 is 1.00 bits per heavy atom. The first-order chi connectivity index (χ1) is 22.1. The number of fused-ring (bicyclic) bond motifs is 1. The van der Waals surface area contributed by atoms with Crippen LogP contribution in [0.4, 0.5) is 5.69 Å². The minimum absolute atomic E-state index is 0.0470. The Bertz CT molecular complexity index is 1460. The van der Waals surface area contributed by atoms with Gasteiger partial charge in [0.1, 0.15) is 0 Å². The molecule has 1 spiro atoms. The van der Waals surface area contributed by atoms with E-state index >= 15 is 0 Å². The number of nitrogens with two attached hydrogens (primary N) is 1. The molecule has 5 aliphatic rings. The standard InChI is InChI=1S/C37H53N5O4/c1-24(46-21-25-11-6-4-7-12-25)31(35(45)40-17-8-5-9-18-40)32-37(23-42(32)34(44)27-19-36(27,2)3)22-41(20-28(37)33(38)43)30-14-10-13-29-26(30)15-16-39-29/h10,13-16,24-25,27-28,31-32,39H,4-9,11-12,17-23H2,1-3H3,(H2,38,43)/t24-,27-,28?,31-,32?,37?/m1/s1. The number of benzene rings is 1. The minimum Gasteiger partial charge on any atom is -0.377 e. The lowest BCUT2D eigenvalue weighted by Gasteiger charge is -2.61. The number of piperidine rings is 1. The number of amides is 3. The highest BCUT2D eigenvalue weighted by atomic mass is 16.5. The summed E-state index contributed by atoms with van der Waals surface area (Å²) >= 11 is 0. The summed E-state index contributed by atoms with van der Waals surface area (Å²) in [5.41, 5.74) is 7.66. The zero-order chi connectivity index (χ0) is 32.2. The average Bonchev–Trinajstić information content (AvgIpc) is 3.38. The quantitative estimate of drug-likeness (QED) is 0.407. The van der Waals surface area contributed by atoms with Crippen LogP contribution in [0.2, 0.25) is 0 Å². The molecule has 2 aromatic rings. The van der Waals surface area contributed by atoms with Crippen LogP contribution in [-0.4, -0.2) is 84.0 Å². The number of primary amides is 1. The van der Waals surface area contributed by atoms with Gasteiger partial charge in [0.15, 0.2) is 0 Å². The van der Waals surface area contributed by atoms with E-state index in [4.69, 9.17) is 10.5 Å². The van der Waals surface area contributed by atoms with Gasteiger partial charge in [-0.2, -0.15) is 0 Å². The van der Waals surface area contributed by atoms with Gasteiger partial charge in [-0.3, -0.25) is 14.4 Å². The summed E-state index contributed by atoms with van der Waals surface area (Å²) in [4.78, 5) is 52.1. The molecule has 46 heavy (non-hydrogen) atoms. The van der Waals surface area contributed by atoms with Crippen LogP contribution in [-0.2, 0) is 19.1 Å². The molecule has 5 fully saturated rings. The number of aromatic nitrogens is 1. The number of aromatic amines is 1. The number of carbonyl (C=O) groups is 3. The Morgan fingerprint density at radius 3 is 2.41 bits per heavy atom. The summed E-state index contributed by atoms with van der Waals surface area (Å²) in [5.74, 6) is -0.781. The molecule has 3 saturated heterocycles. The highest BCUT2D eigenvalue weighted by molar-refractivity contribution is 5.94. The van der Waals surface area contributed by atoms with Gasteiger partial charge >= 0.3 is 0 Å². The van der Waals surface area contributed by atoms with Gasteiger partial charge in [0.25, 0.3) is 0 Å². The Labute approximate surface area is 273 Å².